The fourth-order valence-corrected chi connectivity index (χ4v) is 5.16. The zero-order valence-electron chi connectivity index (χ0n) is 19.5. The van der Waals surface area contributed by atoms with Gasteiger partial charge in [0.2, 0.25) is 11.8 Å². The number of nitrogens with zero attached hydrogens (tertiary/aromatic N) is 3. The largest absolute Gasteiger partial charge is 0.474 e. The highest BCUT2D eigenvalue weighted by atomic mass is 35.5. The Morgan fingerprint density at radius 1 is 1.16 bits per heavy atom. The highest BCUT2D eigenvalue weighted by molar-refractivity contribution is 6.33. The third-order valence-corrected chi connectivity index (χ3v) is 7.02. The molecule has 4 rings (SSSR count). The van der Waals surface area contributed by atoms with E-state index in [1.165, 1.54) is 11.2 Å². The highest BCUT2D eigenvalue weighted by Gasteiger charge is 2.58. The summed E-state index contributed by atoms with van der Waals surface area (Å²) in [6.45, 7) is 1.73. The molecular weight excluding hydrogens is 528 g/mol. The second kappa shape index (κ2) is 10.1. The number of alkyl halides is 6. The Kier molecular flexibility index (Phi) is 7.37. The van der Waals surface area contributed by atoms with E-state index in [9.17, 15) is 31.1 Å². The van der Waals surface area contributed by atoms with Gasteiger partial charge in [-0.1, -0.05) is 11.6 Å². The molecule has 3 heterocycles. The van der Waals surface area contributed by atoms with Crippen LogP contribution in [-0.4, -0.2) is 51.3 Å². The molecule has 2 saturated heterocycles. The zero-order chi connectivity index (χ0) is 27.1. The Labute approximate surface area is 213 Å². The van der Waals surface area contributed by atoms with Crippen molar-refractivity contribution in [3.8, 4) is 5.88 Å². The molecule has 7 nitrogen and oxygen atoms in total. The number of carbonyl (C=O) groups is 1. The molecule has 2 aromatic rings. The second-order valence-electron chi connectivity index (χ2n) is 9.25. The maximum Gasteiger partial charge on any atom is 0.400 e. The van der Waals surface area contributed by atoms with E-state index < -0.39 is 48.8 Å². The normalized spacial score (nSPS) is 21.9. The first-order valence-corrected chi connectivity index (χ1v) is 11.9. The molecule has 37 heavy (non-hydrogen) atoms. The van der Waals surface area contributed by atoms with Crippen LogP contribution >= 0.6 is 11.6 Å². The van der Waals surface area contributed by atoms with Crippen LogP contribution in [0.4, 0.5) is 43.5 Å². The van der Waals surface area contributed by atoms with Crippen molar-refractivity contribution in [3.05, 3.63) is 35.1 Å². The number of ether oxygens (including phenoxy) is 1. The number of fused-ring (bicyclic) bond motifs is 2. The molecule has 202 valence electrons. The number of nitrogen functional groups attached to an aromatic ring is 1. The Morgan fingerprint density at radius 2 is 1.78 bits per heavy atom. The molecule has 2 aliphatic heterocycles. The molecule has 2 unspecified atom stereocenters. The fourth-order valence-electron chi connectivity index (χ4n) is 4.92. The van der Waals surface area contributed by atoms with Crippen LogP contribution in [0.1, 0.15) is 37.7 Å². The van der Waals surface area contributed by atoms with Gasteiger partial charge in [0, 0.05) is 37.0 Å². The number of hydrogen-bond donors (Lipinski definition) is 2. The summed E-state index contributed by atoms with van der Waals surface area (Å²) in [5.41, 5.74) is 7.33. The maximum absolute atomic E-state index is 13.0. The zero-order valence-corrected chi connectivity index (χ0v) is 20.3. The van der Waals surface area contributed by atoms with Crippen LogP contribution in [0.3, 0.4) is 0 Å². The van der Waals surface area contributed by atoms with Gasteiger partial charge in [-0.2, -0.15) is 26.3 Å². The lowest BCUT2D eigenvalue weighted by Crippen LogP contribution is -2.51. The van der Waals surface area contributed by atoms with Gasteiger partial charge in [0.1, 0.15) is 18.2 Å². The van der Waals surface area contributed by atoms with Crippen molar-refractivity contribution in [3.63, 3.8) is 0 Å². The van der Waals surface area contributed by atoms with Crippen LogP contribution in [0.2, 0.25) is 5.02 Å². The van der Waals surface area contributed by atoms with Gasteiger partial charge in [-0.25, -0.2) is 9.97 Å². The molecule has 0 spiro atoms. The molecule has 3 N–H and O–H groups in total. The van der Waals surface area contributed by atoms with Gasteiger partial charge in [0.15, 0.2) is 5.92 Å². The summed E-state index contributed by atoms with van der Waals surface area (Å²) in [6, 6.07) is 3.91. The van der Waals surface area contributed by atoms with Crippen LogP contribution in [0.15, 0.2) is 24.5 Å². The number of aromatic nitrogens is 2. The molecule has 2 fully saturated rings. The van der Waals surface area contributed by atoms with Crippen LogP contribution in [0.5, 0.6) is 5.88 Å². The average Bonchev–Trinajstić information content (AvgIpc) is 3.05. The summed E-state index contributed by atoms with van der Waals surface area (Å²) < 4.78 is 83.9. The minimum absolute atomic E-state index is 0.265. The summed E-state index contributed by atoms with van der Waals surface area (Å²) in [4.78, 5) is 22.2. The molecule has 2 bridgehead atoms. The van der Waals surface area contributed by atoms with Gasteiger partial charge >= 0.3 is 12.4 Å². The minimum atomic E-state index is -5.55. The first kappa shape index (κ1) is 27.1. The van der Waals surface area contributed by atoms with Crippen molar-refractivity contribution in [1.82, 2.24) is 14.9 Å². The van der Waals surface area contributed by atoms with Crippen LogP contribution in [-0.2, 0) is 4.79 Å². The van der Waals surface area contributed by atoms with E-state index in [0.29, 0.717) is 40.6 Å². The number of piperidine rings is 1. The van der Waals surface area contributed by atoms with E-state index in [2.05, 4.69) is 15.3 Å². The predicted octanol–water partition coefficient (Wildman–Crippen LogP) is 5.80. The molecule has 1 amide bonds. The number of hydrogen-bond acceptors (Lipinski definition) is 6. The summed E-state index contributed by atoms with van der Waals surface area (Å²) in [5, 5.41) is 3.47. The Bertz CT molecular complexity index is 1130. The van der Waals surface area contributed by atoms with E-state index in [-0.39, 0.29) is 18.7 Å². The first-order valence-electron chi connectivity index (χ1n) is 11.5. The Hall–Kier alpha value is -2.96. The molecule has 2 aliphatic rings. The van der Waals surface area contributed by atoms with E-state index >= 15 is 0 Å². The van der Waals surface area contributed by atoms with Crippen molar-refractivity contribution in [2.75, 3.05) is 11.1 Å². The van der Waals surface area contributed by atoms with Crippen molar-refractivity contribution < 1.29 is 35.9 Å². The lowest BCUT2D eigenvalue weighted by molar-refractivity contribution is -0.285. The SMILES string of the molecule is Cc1c(Nc2ccc(N)cc2Cl)ncnc1OC1CC2CCC(C1)N2C(=O)CC(C(F)(F)F)C(F)(F)F. The molecule has 1 aromatic heterocycles. The van der Waals surface area contributed by atoms with Crippen molar-refractivity contribution in [1.29, 1.82) is 0 Å². The van der Waals surface area contributed by atoms with E-state index in [1.807, 2.05) is 0 Å². The predicted molar refractivity (Wildman–Crippen MR) is 123 cm³/mol. The third kappa shape index (κ3) is 5.97. The quantitative estimate of drug-likeness (QED) is 0.348. The number of carbonyl (C=O) groups excluding carboxylic acids is 1. The van der Waals surface area contributed by atoms with Gasteiger partial charge in [-0.15, -0.1) is 0 Å². The number of halogens is 7. The average molecular weight is 552 g/mol. The van der Waals surface area contributed by atoms with E-state index in [0.717, 1.165) is 0 Å². The summed E-state index contributed by atoms with van der Waals surface area (Å²) in [7, 11) is 0. The monoisotopic (exact) mass is 551 g/mol. The smallest absolute Gasteiger partial charge is 0.400 e. The number of rotatable bonds is 6. The lowest BCUT2D eigenvalue weighted by atomic mass is 9.96. The van der Waals surface area contributed by atoms with Crippen LogP contribution in [0, 0.1) is 12.8 Å². The molecule has 0 radical (unpaired) electrons. The number of anilines is 3. The Balaban J connectivity index is 1.43. The second-order valence-corrected chi connectivity index (χ2v) is 9.66. The van der Waals surface area contributed by atoms with E-state index in [4.69, 9.17) is 22.1 Å². The van der Waals surface area contributed by atoms with Gasteiger partial charge in [0.05, 0.1) is 16.3 Å². The molecule has 14 heteroatoms. The summed E-state index contributed by atoms with van der Waals surface area (Å²) >= 11 is 6.21. The number of benzene rings is 1. The molecular formula is C23H24ClF6N5O2. The number of nitrogens with one attached hydrogen (secondary N) is 1. The first-order chi connectivity index (χ1) is 17.2. The third-order valence-electron chi connectivity index (χ3n) is 6.71. The van der Waals surface area contributed by atoms with Crippen molar-refractivity contribution >= 4 is 34.7 Å². The van der Waals surface area contributed by atoms with Gasteiger partial charge in [0.25, 0.3) is 0 Å². The molecule has 1 aromatic carbocycles. The van der Waals surface area contributed by atoms with Crippen molar-refractivity contribution in [2.24, 2.45) is 5.92 Å². The maximum atomic E-state index is 13.0. The number of amides is 1. The Morgan fingerprint density at radius 3 is 2.35 bits per heavy atom. The fraction of sp³-hybridized carbons (Fsp3) is 0.522. The standard InChI is InChI=1S/C23H24ClF6N5O2/c1-11-20(34-17-5-2-12(31)6-16(17)24)32-10-33-21(11)37-15-7-13-3-4-14(8-15)35(13)19(36)9-18(22(25,26)27)23(28,29)30/h2,5-6,10,13-15,18H,3-4,7-9,31H2,1H3,(H,32,33,34). The molecule has 0 aliphatic carbocycles. The highest BCUT2D eigenvalue weighted by Crippen LogP contribution is 2.44. The van der Waals surface area contributed by atoms with Gasteiger partial charge in [-0.3, -0.25) is 4.79 Å². The topological polar surface area (TPSA) is 93.4 Å². The van der Waals surface area contributed by atoms with Crippen molar-refractivity contribution in [2.45, 2.75) is 69.6 Å². The number of nitrogens with two attached hydrogens (primary N) is 1. The van der Waals surface area contributed by atoms with Gasteiger partial charge in [-0.05, 0) is 38.0 Å². The summed E-state index contributed by atoms with van der Waals surface area (Å²) in [5.74, 6) is -4.14. The van der Waals surface area contributed by atoms with E-state index in [1.54, 1.807) is 25.1 Å². The molecule has 2 atom stereocenters. The lowest BCUT2D eigenvalue weighted by Gasteiger charge is -2.39. The van der Waals surface area contributed by atoms with Gasteiger partial charge < -0.3 is 20.7 Å². The van der Waals surface area contributed by atoms with Crippen LogP contribution < -0.4 is 15.8 Å². The van der Waals surface area contributed by atoms with Crippen LogP contribution in [0.25, 0.3) is 0 Å². The summed E-state index contributed by atoms with van der Waals surface area (Å²) in [6.07, 6.45) is -10.4. The minimum Gasteiger partial charge on any atom is -0.474 e. The molecule has 0 saturated carbocycles.